The van der Waals surface area contributed by atoms with Gasteiger partial charge in [-0.2, -0.15) is 0 Å². The van der Waals surface area contributed by atoms with E-state index in [9.17, 15) is 18.9 Å². The van der Waals surface area contributed by atoms with Crippen molar-refractivity contribution in [3.63, 3.8) is 0 Å². The Morgan fingerprint density at radius 1 is 1.18 bits per heavy atom. The zero-order valence-electron chi connectivity index (χ0n) is 14.0. The molecule has 0 aliphatic heterocycles. The Labute approximate surface area is 135 Å². The molecule has 22 heavy (non-hydrogen) atoms. The molecular weight excluding hydrogens is 322 g/mol. The summed E-state index contributed by atoms with van der Waals surface area (Å²) in [6.45, 7) is 6.35. The molecule has 7 heteroatoms. The number of hydrogen-bond donors (Lipinski definition) is 2. The third kappa shape index (κ3) is 11.5. The van der Waals surface area contributed by atoms with Crippen LogP contribution in [0.1, 0.15) is 65.7 Å². The average molecular weight is 353 g/mol. The lowest BCUT2D eigenvalue weighted by atomic mass is 10.1. The largest absolute Gasteiger partial charge is 0.382 e. The van der Waals surface area contributed by atoms with Gasteiger partial charge in [-0.15, -0.1) is 0 Å². The van der Waals surface area contributed by atoms with Crippen molar-refractivity contribution in [2.45, 2.75) is 71.1 Å². The van der Waals surface area contributed by atoms with Gasteiger partial charge in [0, 0.05) is 13.0 Å². The van der Waals surface area contributed by atoms with Crippen molar-refractivity contribution in [1.29, 1.82) is 0 Å². The van der Waals surface area contributed by atoms with Crippen LogP contribution in [0.3, 0.4) is 0 Å². The summed E-state index contributed by atoms with van der Waals surface area (Å²) in [6, 6.07) is 0. The Balaban J connectivity index is 3.98. The molecule has 0 radical (unpaired) electrons. The molecule has 0 aliphatic carbocycles. The monoisotopic (exact) mass is 353 g/mol. The number of ether oxygens (including phenoxy) is 1. The Morgan fingerprint density at radius 3 is 2.32 bits per heavy atom. The van der Waals surface area contributed by atoms with Crippen LogP contribution < -0.4 is 0 Å². The quantitative estimate of drug-likeness (QED) is 0.276. The molecule has 2 unspecified atom stereocenters. The summed E-state index contributed by atoms with van der Waals surface area (Å²) in [4.78, 5) is 18.7. The van der Waals surface area contributed by atoms with Gasteiger partial charge in [-0.05, 0) is 40.0 Å². The van der Waals surface area contributed by atoms with Crippen molar-refractivity contribution in [1.82, 2.24) is 0 Å². The number of hydrogen-bond acceptors (Lipinski definition) is 3. The summed E-state index contributed by atoms with van der Waals surface area (Å²) in [6.07, 6.45) is 8.49. The molecule has 0 heterocycles. The Hall–Kier alpha value is -0.0500. The van der Waals surface area contributed by atoms with Gasteiger partial charge in [-0.25, -0.2) is 0 Å². The zero-order chi connectivity index (χ0) is 17.0. The summed E-state index contributed by atoms with van der Waals surface area (Å²) in [7, 11) is -6.34. The summed E-state index contributed by atoms with van der Waals surface area (Å²) in [5, 5.41) is -1.06. The van der Waals surface area contributed by atoms with E-state index in [1.54, 1.807) is 6.92 Å². The lowest BCUT2D eigenvalue weighted by molar-refractivity contribution is 0.193. The van der Waals surface area contributed by atoms with Crippen molar-refractivity contribution in [2.24, 2.45) is 0 Å². The van der Waals surface area contributed by atoms with E-state index >= 15 is 0 Å². The molecule has 2 N–H and O–H groups in total. The van der Waals surface area contributed by atoms with E-state index in [0.29, 0.717) is 19.4 Å². The standard InChI is InChI=1S/C15H30O5P2/c1-4-20-13-21(16)15(22(17,18)19)12-10-8-6-5-7-9-11-14(2)3/h11,15H,4-10,12-13H2,1-3H3,(H-,17,18,19)/p+1. The molecule has 0 aromatic rings. The third-order valence-corrected chi connectivity index (χ3v) is 7.43. The number of rotatable bonds is 13. The van der Waals surface area contributed by atoms with Crippen LogP contribution in [-0.2, 0) is 13.9 Å². The summed E-state index contributed by atoms with van der Waals surface area (Å²) >= 11 is 0. The molecule has 130 valence electrons. The van der Waals surface area contributed by atoms with Gasteiger partial charge in [0.2, 0.25) is 6.35 Å². The fourth-order valence-electron chi connectivity index (χ4n) is 2.14. The minimum atomic E-state index is -4.32. The van der Waals surface area contributed by atoms with Crippen LogP contribution >= 0.6 is 15.4 Å². The molecule has 0 saturated heterocycles. The van der Waals surface area contributed by atoms with Crippen LogP contribution in [-0.4, -0.2) is 28.1 Å². The molecule has 0 aromatic carbocycles. The van der Waals surface area contributed by atoms with Gasteiger partial charge in [-0.3, -0.25) is 4.57 Å². The van der Waals surface area contributed by atoms with Gasteiger partial charge in [0.05, 0.1) is 0 Å². The number of unbranched alkanes of at least 4 members (excludes halogenated alkanes) is 5. The highest BCUT2D eigenvalue weighted by atomic mass is 31.2. The molecule has 0 amide bonds. The summed E-state index contributed by atoms with van der Waals surface area (Å²) in [5.74, 6) is 0. The number of allylic oxidation sites excluding steroid dienone is 2. The van der Waals surface area contributed by atoms with Crippen molar-refractivity contribution in [3.8, 4) is 0 Å². The molecule has 0 bridgehead atoms. The van der Waals surface area contributed by atoms with Crippen LogP contribution in [0.15, 0.2) is 11.6 Å². The van der Waals surface area contributed by atoms with E-state index in [1.165, 1.54) is 5.57 Å². The predicted molar refractivity (Wildman–Crippen MR) is 91.7 cm³/mol. The minimum Gasteiger partial charge on any atom is -0.338 e. The lowest BCUT2D eigenvalue weighted by Crippen LogP contribution is -2.06. The first kappa shape index (κ1) is 21.9. The third-order valence-electron chi connectivity index (χ3n) is 3.36. The SMILES string of the molecule is CCOC[P+](=O)C(CCCCCCCC=C(C)C)P(=O)(O)O. The molecule has 0 fully saturated rings. The first-order valence-corrected chi connectivity index (χ1v) is 11.2. The van der Waals surface area contributed by atoms with Gasteiger partial charge in [-0.1, -0.05) is 35.5 Å². The van der Waals surface area contributed by atoms with Gasteiger partial charge >= 0.3 is 15.4 Å². The van der Waals surface area contributed by atoms with E-state index in [-0.39, 0.29) is 6.35 Å². The van der Waals surface area contributed by atoms with E-state index in [4.69, 9.17) is 4.74 Å². The lowest BCUT2D eigenvalue weighted by Gasteiger charge is -2.09. The van der Waals surface area contributed by atoms with Crippen molar-refractivity contribution < 1.29 is 23.7 Å². The maximum atomic E-state index is 11.9. The molecule has 0 saturated carbocycles. The van der Waals surface area contributed by atoms with Crippen LogP contribution in [0.5, 0.6) is 0 Å². The van der Waals surface area contributed by atoms with Gasteiger partial charge in [0.25, 0.3) is 5.40 Å². The fourth-order valence-corrected chi connectivity index (χ4v) is 5.21. The molecule has 0 rings (SSSR count). The first-order valence-electron chi connectivity index (χ1n) is 7.99. The van der Waals surface area contributed by atoms with E-state index in [0.717, 1.165) is 32.1 Å². The predicted octanol–water partition coefficient (Wildman–Crippen LogP) is 5.01. The first-order chi connectivity index (χ1) is 10.3. The van der Waals surface area contributed by atoms with Gasteiger partial charge < -0.3 is 14.5 Å². The second-order valence-corrected chi connectivity index (χ2v) is 9.66. The normalized spacial score (nSPS) is 13.8. The highest BCUT2D eigenvalue weighted by Crippen LogP contribution is 2.55. The second-order valence-electron chi connectivity index (χ2n) is 5.74. The Kier molecular flexibility index (Phi) is 12.4. The smallest absolute Gasteiger partial charge is 0.338 e. The highest BCUT2D eigenvalue weighted by molar-refractivity contribution is 7.67. The summed E-state index contributed by atoms with van der Waals surface area (Å²) < 4.78 is 28.4. The van der Waals surface area contributed by atoms with Crippen LogP contribution in [0.2, 0.25) is 0 Å². The maximum Gasteiger partial charge on any atom is 0.382 e. The molecule has 0 spiro atoms. The van der Waals surface area contributed by atoms with E-state index < -0.39 is 20.8 Å². The van der Waals surface area contributed by atoms with Crippen LogP contribution in [0.4, 0.5) is 0 Å². The second kappa shape index (κ2) is 12.4. The van der Waals surface area contributed by atoms with Crippen LogP contribution in [0, 0.1) is 0 Å². The molecule has 2 atom stereocenters. The topological polar surface area (TPSA) is 83.8 Å². The van der Waals surface area contributed by atoms with Gasteiger partial charge in [0.15, 0.2) is 0 Å². The maximum absolute atomic E-state index is 11.9. The fraction of sp³-hybridized carbons (Fsp3) is 0.867. The van der Waals surface area contributed by atoms with Gasteiger partial charge in [0.1, 0.15) is 0 Å². The molecule has 5 nitrogen and oxygen atoms in total. The Morgan fingerprint density at radius 2 is 1.77 bits per heavy atom. The minimum absolute atomic E-state index is 0.0652. The molecule has 0 aromatic heterocycles. The van der Waals surface area contributed by atoms with Crippen LogP contribution in [0.25, 0.3) is 0 Å². The van der Waals surface area contributed by atoms with E-state index in [2.05, 4.69) is 19.9 Å². The molecular formula is C15H31O5P2+. The van der Waals surface area contributed by atoms with E-state index in [1.807, 2.05) is 0 Å². The van der Waals surface area contributed by atoms with Crippen molar-refractivity contribution in [3.05, 3.63) is 11.6 Å². The highest BCUT2D eigenvalue weighted by Gasteiger charge is 2.44. The zero-order valence-corrected chi connectivity index (χ0v) is 15.8. The Bertz CT molecular complexity index is 385. The average Bonchev–Trinajstić information content (AvgIpc) is 2.41. The van der Waals surface area contributed by atoms with Crippen molar-refractivity contribution in [2.75, 3.05) is 13.0 Å². The van der Waals surface area contributed by atoms with Crippen molar-refractivity contribution >= 4 is 15.4 Å². The molecule has 0 aliphatic rings. The summed E-state index contributed by atoms with van der Waals surface area (Å²) in [5.41, 5.74) is 1.34.